The molecule has 0 bridgehead atoms. The molecule has 8 aliphatic rings. The Morgan fingerprint density at radius 2 is 0.386 bits per heavy atom. The Kier molecular flexibility index (Phi) is 21.6. The molecule has 31 rings (SSSR count). The summed E-state index contributed by atoms with van der Waals surface area (Å²) in [5.41, 5.74) is 41.7. The van der Waals surface area contributed by atoms with Gasteiger partial charge >= 0.3 is 0 Å². The van der Waals surface area contributed by atoms with Crippen LogP contribution in [0.2, 0.25) is 0 Å². The maximum absolute atomic E-state index is 3.86. The Balaban J connectivity index is 0.0000000939. The summed E-state index contributed by atoms with van der Waals surface area (Å²) >= 11 is 22.9. The lowest BCUT2D eigenvalue weighted by Crippen LogP contribution is -2.34. The van der Waals surface area contributed by atoms with E-state index in [1.807, 2.05) is 47.0 Å². The van der Waals surface area contributed by atoms with E-state index in [9.17, 15) is 0 Å². The third-order valence-electron chi connectivity index (χ3n) is 31.3. The van der Waals surface area contributed by atoms with Crippen LogP contribution in [0.5, 0.6) is 0 Å². The molecule has 0 N–H and O–H groups in total. The summed E-state index contributed by atoms with van der Waals surface area (Å²) in [5, 5.41) is 7.71. The van der Waals surface area contributed by atoms with Crippen molar-refractivity contribution in [3.05, 3.63) is 604 Å². The van der Waals surface area contributed by atoms with Crippen molar-refractivity contribution in [2.45, 2.75) is 67.7 Å². The van der Waals surface area contributed by atoms with Gasteiger partial charge in [0.2, 0.25) is 0 Å². The van der Waals surface area contributed by atoms with Gasteiger partial charge in [-0.05, 0) is 320 Å². The molecule has 0 saturated heterocycles. The predicted octanol–water partition coefficient (Wildman–Crippen LogP) is 39.5. The van der Waals surface area contributed by atoms with Gasteiger partial charge in [0.1, 0.15) is 0 Å². The Hall–Kier alpha value is -13.8. The summed E-state index contributed by atoms with van der Waals surface area (Å²) in [4.78, 5) is 10.6. The molecule has 4 aliphatic heterocycles. The van der Waals surface area contributed by atoms with Gasteiger partial charge in [0.15, 0.2) is 0 Å². The van der Waals surface area contributed by atoms with Crippen molar-refractivity contribution in [1.82, 2.24) is 0 Å². The first-order valence-corrected chi connectivity index (χ1v) is 55.6. The SMILES string of the molecule is Brc1ccc2c(c1)-c1ccccc1-c1ccccc1C21c2ccccc2Sc2c1ccc1ccccc21.Brc1ccc2c(c1)-c1ccccc1-c1ccccc1C21c2ccccc2Sc2cc3ccccc3cc21.Brc1ccc2c(c1)C1(c3ccccc3Sc3cc4ccccc4cc31)c1ccccc1-c1ccccc1-2.Cc1ccc2c(c1)C1(c3ccccc3Sc3ccccc31)c1cc(Br)ccc1-c1ccccc1-2. The zero-order valence-electron chi connectivity index (χ0n) is 78.4. The van der Waals surface area contributed by atoms with Crippen molar-refractivity contribution in [1.29, 1.82) is 0 Å². The number of aryl methyl sites for hydroxylation is 1. The number of fused-ring (bicyclic) bond motifs is 48. The highest BCUT2D eigenvalue weighted by molar-refractivity contribution is 9.11. The summed E-state index contributed by atoms with van der Waals surface area (Å²) in [6, 6.07) is 183. The van der Waals surface area contributed by atoms with Crippen molar-refractivity contribution in [3.63, 3.8) is 0 Å². The topological polar surface area (TPSA) is 0 Å². The largest absolute Gasteiger partial charge is 0.0894 e. The van der Waals surface area contributed by atoms with E-state index in [1.54, 1.807) is 0 Å². The van der Waals surface area contributed by atoms with E-state index in [1.165, 1.54) is 255 Å². The van der Waals surface area contributed by atoms with Gasteiger partial charge in [-0.3, -0.25) is 0 Å². The first kappa shape index (κ1) is 88.8. The highest BCUT2D eigenvalue weighted by Crippen LogP contribution is 2.68. The van der Waals surface area contributed by atoms with Crippen molar-refractivity contribution in [2.24, 2.45) is 0 Å². The van der Waals surface area contributed by atoms with Crippen molar-refractivity contribution in [3.8, 4) is 89.0 Å². The van der Waals surface area contributed by atoms with E-state index in [0.717, 1.165) is 17.9 Å². The van der Waals surface area contributed by atoms with E-state index in [0.29, 0.717) is 0 Å². The molecule has 3 unspecified atom stereocenters. The minimum absolute atomic E-state index is 0.419. The molecule has 0 saturated carbocycles. The monoisotopic (exact) mass is 2170 g/mol. The lowest BCUT2D eigenvalue weighted by Gasteiger charge is -2.43. The Morgan fingerprint density at radius 3 is 0.772 bits per heavy atom. The molecule has 0 amide bonds. The highest BCUT2D eigenvalue weighted by atomic mass is 79.9. The zero-order chi connectivity index (χ0) is 96.5. The molecule has 4 heterocycles. The van der Waals surface area contributed by atoms with Crippen LogP contribution >= 0.6 is 111 Å². The minimum atomic E-state index is -0.462. The lowest BCUT2D eigenvalue weighted by molar-refractivity contribution is 0.707. The molecule has 0 nitrogen and oxygen atoms in total. The van der Waals surface area contributed by atoms with Gasteiger partial charge in [-0.1, -0.05) is 505 Å². The minimum Gasteiger partial charge on any atom is -0.0894 e. The summed E-state index contributed by atoms with van der Waals surface area (Å²) in [7, 11) is 0. The zero-order valence-corrected chi connectivity index (χ0v) is 88.0. The summed E-state index contributed by atoms with van der Waals surface area (Å²) < 4.78 is 4.40. The predicted molar refractivity (Wildman–Crippen MR) is 621 cm³/mol. The number of benzene rings is 23. The molecule has 684 valence electrons. The maximum Gasteiger partial charge on any atom is 0.0735 e. The van der Waals surface area contributed by atoms with Crippen LogP contribution in [0.4, 0.5) is 0 Å². The summed E-state index contributed by atoms with van der Waals surface area (Å²) in [6.45, 7) is 2.21. The van der Waals surface area contributed by atoms with Crippen LogP contribution in [0, 0.1) is 6.92 Å². The van der Waals surface area contributed by atoms with E-state index in [4.69, 9.17) is 0 Å². The maximum atomic E-state index is 3.86. The van der Waals surface area contributed by atoms with E-state index < -0.39 is 21.7 Å². The van der Waals surface area contributed by atoms with Crippen molar-refractivity contribution >= 4 is 143 Å². The lowest BCUT2D eigenvalue weighted by atomic mass is 9.63. The summed E-state index contributed by atoms with van der Waals surface area (Å²) in [6.07, 6.45) is 0. The van der Waals surface area contributed by atoms with Gasteiger partial charge in [0.25, 0.3) is 0 Å². The Labute approximate surface area is 894 Å². The normalized spacial score (nSPS) is 16.2. The third kappa shape index (κ3) is 13.6. The van der Waals surface area contributed by atoms with Crippen LogP contribution in [0.25, 0.3) is 121 Å². The Bertz CT molecular complexity index is 9120. The molecule has 3 atom stereocenters. The smallest absolute Gasteiger partial charge is 0.0735 e. The average Bonchev–Trinajstić information content (AvgIpc) is 1.61. The molecule has 145 heavy (non-hydrogen) atoms. The fourth-order valence-electron chi connectivity index (χ4n) is 25.5. The van der Waals surface area contributed by atoms with E-state index in [2.05, 4.69) is 562 Å². The number of rotatable bonds is 0. The summed E-state index contributed by atoms with van der Waals surface area (Å²) in [5.74, 6) is 0. The second-order valence-electron chi connectivity index (χ2n) is 38.6. The van der Waals surface area contributed by atoms with Gasteiger partial charge in [0.05, 0.1) is 21.7 Å². The second-order valence-corrected chi connectivity index (χ2v) is 46.5. The molecule has 4 aliphatic carbocycles. The molecule has 23 aromatic rings. The molecule has 0 fully saturated rings. The first-order valence-electron chi connectivity index (χ1n) is 49.2. The van der Waals surface area contributed by atoms with Crippen LogP contribution < -0.4 is 0 Å². The quantitative estimate of drug-likeness (QED) is 0.148. The van der Waals surface area contributed by atoms with Crippen molar-refractivity contribution < 1.29 is 0 Å². The molecular weight excluding hydrogens is 2090 g/mol. The third-order valence-corrected chi connectivity index (χ3v) is 37.9. The molecule has 0 aromatic heterocycles. The average molecular weight is 2180 g/mol. The van der Waals surface area contributed by atoms with Gasteiger partial charge in [0, 0.05) is 57.1 Å². The standard InChI is InChI=1S/3C35H21BrS.C32H21BrS/c36-23-18-20-30-28(21-23)26-12-4-3-11-25(26)27-13-5-6-14-29(27)35(30)31-15-7-8-16-33(31)37-34-24-10-2-1-9-22(24)17-19-32(34)35;36-24-17-18-30-28(21-24)26-12-4-3-11-25(26)27-13-5-6-14-29(27)35(30)31-15-7-8-16-33(31)37-34-20-23-10-2-1-9-22(23)19-32(34)35;36-24-17-18-28-26-12-4-3-11-25(26)27-13-5-6-14-29(27)35(31(28)21-24)30-15-7-8-16-33(30)37-34-20-23-10-2-1-9-22(23)19-32(34)35;1-20-14-16-24-22-8-2-3-9-23(22)25-17-15-21(33)19-29(25)32(28(24)18-20)26-10-4-6-12-30(26)34-31-13-7-5-11-27(31)32/h3*1-21H;2-19H,1H3. The van der Waals surface area contributed by atoms with Crippen LogP contribution in [0.3, 0.4) is 0 Å². The molecule has 0 radical (unpaired) electrons. The molecular formula is C137H84Br4S4. The van der Waals surface area contributed by atoms with Gasteiger partial charge in [-0.15, -0.1) is 0 Å². The fraction of sp³-hybridized carbons (Fsp3) is 0.0365. The van der Waals surface area contributed by atoms with E-state index in [-0.39, 0.29) is 0 Å². The molecule has 23 aromatic carbocycles. The van der Waals surface area contributed by atoms with Crippen molar-refractivity contribution in [2.75, 3.05) is 0 Å². The Morgan fingerprint density at radius 1 is 0.145 bits per heavy atom. The van der Waals surface area contributed by atoms with Crippen LogP contribution in [-0.2, 0) is 21.7 Å². The fourth-order valence-corrected chi connectivity index (χ4v) is 31.9. The number of hydrogen-bond donors (Lipinski definition) is 0. The molecule has 4 spiro atoms. The van der Waals surface area contributed by atoms with Crippen LogP contribution in [0.15, 0.2) is 548 Å². The number of hydrogen-bond acceptors (Lipinski definition) is 4. The highest BCUT2D eigenvalue weighted by Gasteiger charge is 2.54. The van der Waals surface area contributed by atoms with E-state index >= 15 is 0 Å². The van der Waals surface area contributed by atoms with Gasteiger partial charge < -0.3 is 0 Å². The van der Waals surface area contributed by atoms with Gasteiger partial charge in [-0.25, -0.2) is 0 Å². The first-order chi connectivity index (χ1) is 71.4. The van der Waals surface area contributed by atoms with Crippen LogP contribution in [-0.4, -0.2) is 0 Å². The second kappa shape index (κ2) is 35.3. The van der Waals surface area contributed by atoms with Gasteiger partial charge in [-0.2, -0.15) is 0 Å². The number of halogens is 4. The van der Waals surface area contributed by atoms with Crippen LogP contribution in [0.1, 0.15) is 94.6 Å². The molecule has 8 heteroatoms.